The van der Waals surface area contributed by atoms with Gasteiger partial charge in [0.05, 0.1) is 0 Å². The molecule has 0 bridgehead atoms. The number of hydrogen-bond donors (Lipinski definition) is 2. The van der Waals surface area contributed by atoms with E-state index in [1.165, 1.54) is 0 Å². The summed E-state index contributed by atoms with van der Waals surface area (Å²) in [7, 11) is 0. The minimum Gasteiger partial charge on any atom is -0.334 e. The molecule has 0 aromatic carbocycles. The maximum absolute atomic E-state index is 9.80. The number of carbonyl (C=O) groups is 1. The maximum Gasteiger partial charge on any atom is 0.208 e. The van der Waals surface area contributed by atoms with Gasteiger partial charge in [-0.15, -0.1) is 11.8 Å². The first-order chi connectivity index (χ1) is 3.93. The lowest BCUT2D eigenvalue weighted by Crippen LogP contribution is -2.33. The molecule has 0 aliphatic carbocycles. The van der Waals surface area contributed by atoms with Gasteiger partial charge in [0, 0.05) is 12.3 Å². The first-order valence-electron chi connectivity index (χ1n) is 2.48. The average Bonchev–Trinajstić information content (AvgIpc) is 2.19. The zero-order valence-electron chi connectivity index (χ0n) is 4.39. The summed E-state index contributed by atoms with van der Waals surface area (Å²) >= 11 is 1.71. The highest BCUT2D eigenvalue weighted by molar-refractivity contribution is 8.00. The van der Waals surface area contributed by atoms with E-state index in [1.54, 1.807) is 11.8 Å². The fourth-order valence-electron chi connectivity index (χ4n) is 0.595. The molecule has 0 unspecified atom stereocenters. The number of carbonyl (C=O) groups excluding carboxylic acids is 1. The van der Waals surface area contributed by atoms with Crippen LogP contribution < -0.4 is 10.6 Å². The Kier molecular flexibility index (Phi) is 2.17. The van der Waals surface area contributed by atoms with E-state index in [9.17, 15) is 4.79 Å². The fourth-order valence-corrected chi connectivity index (χ4v) is 1.45. The molecule has 1 saturated heterocycles. The summed E-state index contributed by atoms with van der Waals surface area (Å²) in [6.45, 7) is 0.996. The van der Waals surface area contributed by atoms with E-state index < -0.39 is 0 Å². The number of thioether (sulfide) groups is 1. The van der Waals surface area contributed by atoms with Crippen LogP contribution in [0.2, 0.25) is 0 Å². The van der Waals surface area contributed by atoms with Crippen molar-refractivity contribution in [2.45, 2.75) is 5.50 Å². The second kappa shape index (κ2) is 2.94. The minimum absolute atomic E-state index is 0.160. The van der Waals surface area contributed by atoms with E-state index in [0.29, 0.717) is 0 Å². The number of rotatable bonds is 2. The lowest BCUT2D eigenvalue weighted by atomic mass is 10.7. The van der Waals surface area contributed by atoms with E-state index >= 15 is 0 Å². The van der Waals surface area contributed by atoms with Crippen LogP contribution in [0.25, 0.3) is 0 Å². The van der Waals surface area contributed by atoms with E-state index in [0.717, 1.165) is 18.7 Å². The lowest BCUT2D eigenvalue weighted by molar-refractivity contribution is -0.109. The molecule has 1 aliphatic rings. The van der Waals surface area contributed by atoms with Gasteiger partial charge in [-0.2, -0.15) is 0 Å². The second-order valence-electron chi connectivity index (χ2n) is 1.49. The Morgan fingerprint density at radius 3 is 3.25 bits per heavy atom. The average molecular weight is 132 g/mol. The van der Waals surface area contributed by atoms with Gasteiger partial charge in [0.1, 0.15) is 5.50 Å². The van der Waals surface area contributed by atoms with Crippen molar-refractivity contribution in [3.63, 3.8) is 0 Å². The molecule has 3 nitrogen and oxygen atoms in total. The molecule has 1 heterocycles. The Morgan fingerprint density at radius 2 is 2.75 bits per heavy atom. The van der Waals surface area contributed by atoms with E-state index in [2.05, 4.69) is 10.6 Å². The highest BCUT2D eigenvalue weighted by Gasteiger charge is 2.11. The zero-order valence-corrected chi connectivity index (χ0v) is 5.20. The highest BCUT2D eigenvalue weighted by atomic mass is 32.2. The SMILES string of the molecule is O=CN[C@H]1NCCS1. The summed E-state index contributed by atoms with van der Waals surface area (Å²) < 4.78 is 0. The maximum atomic E-state index is 9.80. The van der Waals surface area contributed by atoms with Crippen LogP contribution in [0.1, 0.15) is 0 Å². The van der Waals surface area contributed by atoms with Crippen molar-refractivity contribution in [2.24, 2.45) is 0 Å². The quantitative estimate of drug-likeness (QED) is 0.491. The predicted octanol–water partition coefficient (Wildman–Crippen LogP) is -0.648. The van der Waals surface area contributed by atoms with Gasteiger partial charge in [-0.1, -0.05) is 0 Å². The molecule has 0 radical (unpaired) electrons. The second-order valence-corrected chi connectivity index (χ2v) is 2.70. The van der Waals surface area contributed by atoms with Crippen LogP contribution in [0.5, 0.6) is 0 Å². The Labute approximate surface area is 52.2 Å². The summed E-state index contributed by atoms with van der Waals surface area (Å²) in [5, 5.41) is 5.69. The predicted molar refractivity (Wildman–Crippen MR) is 33.4 cm³/mol. The van der Waals surface area contributed by atoms with E-state index in [4.69, 9.17) is 0 Å². The Balaban J connectivity index is 2.14. The molecule has 1 amide bonds. The first-order valence-corrected chi connectivity index (χ1v) is 3.53. The van der Waals surface area contributed by atoms with Crippen LogP contribution in [0.15, 0.2) is 0 Å². The van der Waals surface area contributed by atoms with Gasteiger partial charge in [-0.05, 0) is 0 Å². The molecule has 1 aliphatic heterocycles. The molecular weight excluding hydrogens is 124 g/mol. The first kappa shape index (κ1) is 5.91. The van der Waals surface area contributed by atoms with Gasteiger partial charge in [0.2, 0.25) is 6.41 Å². The highest BCUT2D eigenvalue weighted by Crippen LogP contribution is 2.08. The molecule has 4 heteroatoms. The molecule has 1 fully saturated rings. The van der Waals surface area contributed by atoms with Crippen LogP contribution in [0, 0.1) is 0 Å². The van der Waals surface area contributed by atoms with Crippen molar-refractivity contribution in [1.82, 2.24) is 10.6 Å². The van der Waals surface area contributed by atoms with Crippen molar-refractivity contribution in [1.29, 1.82) is 0 Å². The molecule has 1 rings (SSSR count). The van der Waals surface area contributed by atoms with Crippen molar-refractivity contribution in [3.8, 4) is 0 Å². The van der Waals surface area contributed by atoms with Crippen molar-refractivity contribution in [3.05, 3.63) is 0 Å². The monoisotopic (exact) mass is 132 g/mol. The summed E-state index contributed by atoms with van der Waals surface area (Å²) in [6.07, 6.45) is 0.718. The van der Waals surface area contributed by atoms with Gasteiger partial charge in [-0.25, -0.2) is 0 Å². The van der Waals surface area contributed by atoms with Gasteiger partial charge in [0.15, 0.2) is 0 Å². The summed E-state index contributed by atoms with van der Waals surface area (Å²) in [5.41, 5.74) is 0.160. The summed E-state index contributed by atoms with van der Waals surface area (Å²) in [5.74, 6) is 1.09. The normalized spacial score (nSPS) is 27.8. The third-order valence-corrected chi connectivity index (χ3v) is 2.01. The zero-order chi connectivity index (χ0) is 5.82. The Morgan fingerprint density at radius 1 is 1.88 bits per heavy atom. The van der Waals surface area contributed by atoms with E-state index in [1.807, 2.05) is 0 Å². The Bertz CT molecular complexity index is 82.1. The van der Waals surface area contributed by atoms with Gasteiger partial charge in [-0.3, -0.25) is 10.1 Å². The summed E-state index contributed by atoms with van der Waals surface area (Å²) in [6, 6.07) is 0. The van der Waals surface area contributed by atoms with Crippen LogP contribution in [0.4, 0.5) is 0 Å². The number of nitrogens with one attached hydrogen (secondary N) is 2. The van der Waals surface area contributed by atoms with Crippen molar-refractivity contribution >= 4 is 18.2 Å². The van der Waals surface area contributed by atoms with Gasteiger partial charge < -0.3 is 5.32 Å². The molecule has 1 atom stereocenters. The minimum atomic E-state index is 0.160. The standard InChI is InChI=1S/C4H8N2OS/c7-3-6-4-5-1-2-8-4/h3-5H,1-2H2,(H,6,7)/t4-/m1/s1. The van der Waals surface area contributed by atoms with Gasteiger partial charge >= 0.3 is 0 Å². The van der Waals surface area contributed by atoms with Crippen LogP contribution in [0.3, 0.4) is 0 Å². The van der Waals surface area contributed by atoms with E-state index in [-0.39, 0.29) is 5.50 Å². The van der Waals surface area contributed by atoms with Crippen LogP contribution >= 0.6 is 11.8 Å². The number of hydrogen-bond acceptors (Lipinski definition) is 3. The van der Waals surface area contributed by atoms with Gasteiger partial charge in [0.25, 0.3) is 0 Å². The summed E-state index contributed by atoms with van der Waals surface area (Å²) in [4.78, 5) is 9.80. The van der Waals surface area contributed by atoms with Crippen LogP contribution in [-0.2, 0) is 4.79 Å². The Hall–Kier alpha value is -0.220. The molecule has 0 aromatic heterocycles. The lowest BCUT2D eigenvalue weighted by Gasteiger charge is -2.04. The van der Waals surface area contributed by atoms with Crippen LogP contribution in [-0.4, -0.2) is 24.2 Å². The molecule has 0 spiro atoms. The molecular formula is C4H8N2OS. The van der Waals surface area contributed by atoms with Crippen molar-refractivity contribution < 1.29 is 4.79 Å². The molecule has 2 N–H and O–H groups in total. The smallest absolute Gasteiger partial charge is 0.208 e. The molecule has 8 heavy (non-hydrogen) atoms. The topological polar surface area (TPSA) is 41.1 Å². The third kappa shape index (κ3) is 1.38. The number of amides is 1. The fraction of sp³-hybridized carbons (Fsp3) is 0.750. The van der Waals surface area contributed by atoms with Crippen molar-refractivity contribution in [2.75, 3.05) is 12.3 Å². The molecule has 46 valence electrons. The largest absolute Gasteiger partial charge is 0.334 e. The molecule has 0 aromatic rings. The molecule has 0 saturated carbocycles. The third-order valence-electron chi connectivity index (χ3n) is 0.936.